The van der Waals surface area contributed by atoms with Crippen molar-refractivity contribution in [3.8, 4) is 0 Å². The van der Waals surface area contributed by atoms with Crippen molar-refractivity contribution in [1.82, 2.24) is 25.3 Å². The van der Waals surface area contributed by atoms with Crippen LogP contribution in [0.5, 0.6) is 0 Å². The molecular formula is C13H21N5O2. The van der Waals surface area contributed by atoms with Crippen molar-refractivity contribution in [1.29, 1.82) is 0 Å². The molecule has 4 aliphatic heterocycles. The van der Waals surface area contributed by atoms with Gasteiger partial charge in [-0.15, -0.1) is 0 Å². The summed E-state index contributed by atoms with van der Waals surface area (Å²) in [5, 5.41) is 7.61. The average molecular weight is 279 g/mol. The van der Waals surface area contributed by atoms with Crippen LogP contribution < -0.4 is 5.32 Å². The third kappa shape index (κ3) is 2.46. The fraction of sp³-hybridized carbons (Fsp3) is 0.846. The minimum Gasteiger partial charge on any atom is -0.378 e. The van der Waals surface area contributed by atoms with Crippen molar-refractivity contribution in [2.75, 3.05) is 52.5 Å². The Morgan fingerprint density at radius 1 is 1.25 bits per heavy atom. The summed E-state index contributed by atoms with van der Waals surface area (Å²) in [5.74, 6) is 1.57. The maximum atomic E-state index is 5.45. The summed E-state index contributed by atoms with van der Waals surface area (Å²) in [6.07, 6.45) is 0.753. The first-order valence-corrected chi connectivity index (χ1v) is 7.48. The van der Waals surface area contributed by atoms with Crippen molar-refractivity contribution >= 4 is 0 Å². The summed E-state index contributed by atoms with van der Waals surface area (Å²) in [6.45, 7) is 8.02. The molecule has 4 saturated heterocycles. The Morgan fingerprint density at radius 2 is 2.15 bits per heavy atom. The number of rotatable bonds is 3. The molecule has 5 heterocycles. The van der Waals surface area contributed by atoms with Crippen LogP contribution in [0.25, 0.3) is 0 Å². The lowest BCUT2D eigenvalue weighted by Gasteiger charge is -2.46. The first-order valence-electron chi connectivity index (χ1n) is 7.48. The molecule has 0 amide bonds. The highest BCUT2D eigenvalue weighted by atomic mass is 16.5. The fourth-order valence-corrected chi connectivity index (χ4v) is 3.31. The fourth-order valence-electron chi connectivity index (χ4n) is 3.31. The van der Waals surface area contributed by atoms with Gasteiger partial charge in [0.15, 0.2) is 5.82 Å². The molecule has 0 saturated carbocycles. The number of aromatic nitrogens is 2. The zero-order valence-corrected chi connectivity index (χ0v) is 11.6. The Labute approximate surface area is 118 Å². The van der Waals surface area contributed by atoms with E-state index in [1.54, 1.807) is 0 Å². The molecule has 1 aromatic heterocycles. The third-order valence-electron chi connectivity index (χ3n) is 4.48. The number of ether oxygens (including phenoxy) is 1. The molecule has 1 aromatic rings. The van der Waals surface area contributed by atoms with Gasteiger partial charge in [0.05, 0.1) is 19.3 Å². The Hall–Kier alpha value is -1.02. The van der Waals surface area contributed by atoms with E-state index in [1.807, 2.05) is 0 Å². The van der Waals surface area contributed by atoms with E-state index in [0.29, 0.717) is 12.1 Å². The van der Waals surface area contributed by atoms with Crippen LogP contribution in [-0.4, -0.2) is 78.5 Å². The van der Waals surface area contributed by atoms with Crippen molar-refractivity contribution in [2.24, 2.45) is 0 Å². The molecule has 5 rings (SSSR count). The monoisotopic (exact) mass is 279 g/mol. The SMILES string of the molecule is C1COCC(Cc2nc(C3CN4CCN3CC4)no2)N1. The number of piperazine rings is 3. The summed E-state index contributed by atoms with van der Waals surface area (Å²) < 4.78 is 10.9. The van der Waals surface area contributed by atoms with Gasteiger partial charge in [0.1, 0.15) is 0 Å². The van der Waals surface area contributed by atoms with Gasteiger partial charge in [0.25, 0.3) is 0 Å². The van der Waals surface area contributed by atoms with E-state index < -0.39 is 0 Å². The van der Waals surface area contributed by atoms with Crippen LogP contribution in [0.4, 0.5) is 0 Å². The molecule has 0 aliphatic carbocycles. The van der Waals surface area contributed by atoms with Gasteiger partial charge >= 0.3 is 0 Å². The molecule has 0 radical (unpaired) electrons. The van der Waals surface area contributed by atoms with Crippen LogP contribution in [-0.2, 0) is 11.2 Å². The third-order valence-corrected chi connectivity index (χ3v) is 4.48. The van der Waals surface area contributed by atoms with Crippen LogP contribution in [0.2, 0.25) is 0 Å². The molecule has 7 nitrogen and oxygen atoms in total. The normalized spacial score (nSPS) is 37.2. The summed E-state index contributed by atoms with van der Waals surface area (Å²) in [7, 11) is 0. The number of hydrogen-bond acceptors (Lipinski definition) is 7. The van der Waals surface area contributed by atoms with Gasteiger partial charge in [-0.05, 0) is 0 Å². The predicted molar refractivity (Wildman–Crippen MR) is 71.4 cm³/mol. The lowest BCUT2D eigenvalue weighted by Crippen LogP contribution is -2.57. The number of hydrogen-bond donors (Lipinski definition) is 1. The zero-order chi connectivity index (χ0) is 13.4. The maximum Gasteiger partial charge on any atom is 0.228 e. The highest BCUT2D eigenvalue weighted by molar-refractivity contribution is 5.02. The molecule has 4 aliphatic rings. The molecule has 110 valence electrons. The minimum atomic E-state index is 0.295. The standard InChI is InChI=1S/C13H21N5O2/c1-6-19-9-10(14-1)7-12-15-13(16-20-12)11-8-17-2-4-18(11)5-3-17/h10-11,14H,1-9H2. The first-order chi connectivity index (χ1) is 9.88. The van der Waals surface area contributed by atoms with Gasteiger partial charge in [-0.2, -0.15) is 4.98 Å². The van der Waals surface area contributed by atoms with E-state index in [-0.39, 0.29) is 0 Å². The second-order valence-corrected chi connectivity index (χ2v) is 5.83. The lowest BCUT2D eigenvalue weighted by molar-refractivity contribution is 0.00781. The summed E-state index contributed by atoms with van der Waals surface area (Å²) in [6, 6.07) is 0.606. The Kier molecular flexibility index (Phi) is 3.43. The van der Waals surface area contributed by atoms with Gasteiger partial charge in [0, 0.05) is 51.7 Å². The minimum absolute atomic E-state index is 0.295. The van der Waals surface area contributed by atoms with E-state index in [2.05, 4.69) is 25.3 Å². The van der Waals surface area contributed by atoms with Gasteiger partial charge in [0.2, 0.25) is 5.89 Å². The quantitative estimate of drug-likeness (QED) is 0.782. The number of fused-ring (bicyclic) bond motifs is 3. The van der Waals surface area contributed by atoms with Crippen LogP contribution >= 0.6 is 0 Å². The zero-order valence-electron chi connectivity index (χ0n) is 11.6. The van der Waals surface area contributed by atoms with Gasteiger partial charge in [-0.25, -0.2) is 0 Å². The van der Waals surface area contributed by atoms with Gasteiger partial charge in [-0.1, -0.05) is 5.16 Å². The number of nitrogens with one attached hydrogen (secondary N) is 1. The number of morpholine rings is 1. The highest BCUT2D eigenvalue weighted by Gasteiger charge is 2.35. The topological polar surface area (TPSA) is 66.7 Å². The largest absolute Gasteiger partial charge is 0.378 e. The Balaban J connectivity index is 1.42. The van der Waals surface area contributed by atoms with E-state index in [9.17, 15) is 0 Å². The molecule has 4 fully saturated rings. The van der Waals surface area contributed by atoms with Crippen molar-refractivity contribution < 1.29 is 9.26 Å². The van der Waals surface area contributed by atoms with Crippen molar-refractivity contribution in [3.63, 3.8) is 0 Å². The first kappa shape index (κ1) is 12.7. The number of nitrogens with zero attached hydrogens (tertiary/aromatic N) is 4. The molecule has 0 spiro atoms. The summed E-state index contributed by atoms with van der Waals surface area (Å²) in [5.41, 5.74) is 0. The Bertz CT molecular complexity index is 451. The predicted octanol–water partition coefficient (Wildman–Crippen LogP) is -0.727. The van der Waals surface area contributed by atoms with Crippen molar-refractivity contribution in [3.05, 3.63) is 11.7 Å². The maximum absolute atomic E-state index is 5.45. The highest BCUT2D eigenvalue weighted by Crippen LogP contribution is 2.26. The Morgan fingerprint density at radius 3 is 2.85 bits per heavy atom. The second-order valence-electron chi connectivity index (χ2n) is 5.83. The van der Waals surface area contributed by atoms with E-state index in [0.717, 1.165) is 57.5 Å². The smallest absolute Gasteiger partial charge is 0.228 e. The molecule has 0 aromatic carbocycles. The van der Waals surface area contributed by atoms with Gasteiger partial charge < -0.3 is 14.6 Å². The molecule has 2 bridgehead atoms. The summed E-state index contributed by atoms with van der Waals surface area (Å²) in [4.78, 5) is 9.56. The lowest BCUT2D eigenvalue weighted by atomic mass is 10.1. The van der Waals surface area contributed by atoms with E-state index in [4.69, 9.17) is 9.26 Å². The summed E-state index contributed by atoms with van der Waals surface area (Å²) >= 11 is 0. The average Bonchev–Trinajstić information content (AvgIpc) is 2.98. The van der Waals surface area contributed by atoms with Crippen molar-refractivity contribution in [2.45, 2.75) is 18.5 Å². The van der Waals surface area contributed by atoms with Crippen LogP contribution in [0.1, 0.15) is 17.8 Å². The second kappa shape index (κ2) is 5.40. The van der Waals surface area contributed by atoms with Gasteiger partial charge in [-0.3, -0.25) is 9.80 Å². The molecule has 1 N–H and O–H groups in total. The van der Waals surface area contributed by atoms with E-state index in [1.165, 1.54) is 13.1 Å². The molecule has 7 heteroatoms. The molecule has 2 atom stereocenters. The molecule has 20 heavy (non-hydrogen) atoms. The molecule has 2 unspecified atom stereocenters. The van der Waals surface area contributed by atoms with Crippen LogP contribution in [0, 0.1) is 0 Å². The van der Waals surface area contributed by atoms with Crippen LogP contribution in [0.3, 0.4) is 0 Å². The van der Waals surface area contributed by atoms with E-state index >= 15 is 0 Å². The molecular weight excluding hydrogens is 258 g/mol. The van der Waals surface area contributed by atoms with Crippen LogP contribution in [0.15, 0.2) is 4.52 Å².